The maximum atomic E-state index is 12.5. The number of nitrogens with zero attached hydrogens (tertiary/aromatic N) is 1. The van der Waals surface area contributed by atoms with Gasteiger partial charge in [0, 0.05) is 30.8 Å². The largest absolute Gasteiger partial charge is 0.497 e. The molecule has 1 heterocycles. The number of carbonyl (C=O) groups is 1. The number of hydrogen-bond acceptors (Lipinski definition) is 3. The van der Waals surface area contributed by atoms with Crippen molar-refractivity contribution in [3.8, 4) is 5.75 Å². The molecule has 1 aliphatic heterocycles. The Morgan fingerprint density at radius 2 is 1.77 bits per heavy atom. The van der Waals surface area contributed by atoms with Crippen molar-refractivity contribution in [3.05, 3.63) is 77.4 Å². The number of rotatable bonds is 5. The Morgan fingerprint density at radius 3 is 2.45 bits per heavy atom. The summed E-state index contributed by atoms with van der Waals surface area (Å²) in [5, 5.41) is 0. The molecule has 0 saturated heterocycles. The van der Waals surface area contributed by atoms with Crippen LogP contribution in [0.5, 0.6) is 5.75 Å². The van der Waals surface area contributed by atoms with Crippen LogP contribution in [0.1, 0.15) is 21.5 Å². The lowest BCUT2D eigenvalue weighted by Crippen LogP contribution is -2.19. The summed E-state index contributed by atoms with van der Waals surface area (Å²) in [5.74, 6) is 0.720. The minimum absolute atomic E-state index is 0.0216. The molecule has 3 nitrogen and oxygen atoms in total. The molecule has 2 aromatic rings. The third kappa shape index (κ3) is 3.26. The van der Waals surface area contributed by atoms with Gasteiger partial charge in [-0.25, -0.2) is 0 Å². The average molecular weight is 293 g/mol. The van der Waals surface area contributed by atoms with Gasteiger partial charge in [0.05, 0.1) is 7.11 Å². The lowest BCUT2D eigenvalue weighted by molar-refractivity contribution is 0.103. The van der Waals surface area contributed by atoms with Crippen LogP contribution in [0.2, 0.25) is 0 Å². The van der Waals surface area contributed by atoms with Crippen LogP contribution in [0.4, 0.5) is 0 Å². The second kappa shape index (κ2) is 6.58. The molecule has 0 aromatic heterocycles. The number of carbonyl (C=O) groups excluding carboxylic acids is 1. The molecular weight excluding hydrogens is 274 g/mol. The fourth-order valence-corrected chi connectivity index (χ4v) is 2.60. The maximum Gasteiger partial charge on any atom is 0.193 e. The van der Waals surface area contributed by atoms with E-state index in [1.807, 2.05) is 42.5 Å². The van der Waals surface area contributed by atoms with Crippen LogP contribution >= 0.6 is 0 Å². The lowest BCUT2D eigenvalue weighted by Gasteiger charge is -2.14. The summed E-state index contributed by atoms with van der Waals surface area (Å²) in [6.45, 7) is 2.93. The van der Waals surface area contributed by atoms with E-state index in [1.54, 1.807) is 13.2 Å². The molecule has 2 aromatic carbocycles. The fourth-order valence-electron chi connectivity index (χ4n) is 2.60. The topological polar surface area (TPSA) is 29.5 Å². The Morgan fingerprint density at radius 1 is 1.05 bits per heavy atom. The van der Waals surface area contributed by atoms with Gasteiger partial charge >= 0.3 is 0 Å². The Hall–Kier alpha value is -2.39. The van der Waals surface area contributed by atoms with Crippen LogP contribution in [0.25, 0.3) is 0 Å². The number of methoxy groups -OCH3 is 1. The van der Waals surface area contributed by atoms with Crippen molar-refractivity contribution in [3.63, 3.8) is 0 Å². The molecule has 1 aliphatic rings. The van der Waals surface area contributed by atoms with Gasteiger partial charge in [-0.1, -0.05) is 48.6 Å². The zero-order chi connectivity index (χ0) is 15.4. The van der Waals surface area contributed by atoms with Crippen LogP contribution in [0, 0.1) is 0 Å². The van der Waals surface area contributed by atoms with Gasteiger partial charge in [-0.15, -0.1) is 0 Å². The number of benzene rings is 2. The van der Waals surface area contributed by atoms with Crippen molar-refractivity contribution in [1.29, 1.82) is 0 Å². The van der Waals surface area contributed by atoms with Gasteiger partial charge in [0.25, 0.3) is 0 Å². The molecule has 0 fully saturated rings. The summed E-state index contributed by atoms with van der Waals surface area (Å²) in [7, 11) is 1.60. The highest BCUT2D eigenvalue weighted by molar-refractivity contribution is 6.09. The molecule has 0 unspecified atom stereocenters. The summed E-state index contributed by atoms with van der Waals surface area (Å²) in [4.78, 5) is 14.8. The second-order valence-electron chi connectivity index (χ2n) is 5.42. The first-order valence-corrected chi connectivity index (χ1v) is 7.41. The van der Waals surface area contributed by atoms with Crippen molar-refractivity contribution < 1.29 is 9.53 Å². The fraction of sp³-hybridized carbons (Fsp3) is 0.211. The van der Waals surface area contributed by atoms with E-state index in [9.17, 15) is 4.79 Å². The first kappa shape index (κ1) is 14.5. The third-order valence-corrected chi connectivity index (χ3v) is 3.85. The van der Waals surface area contributed by atoms with Crippen molar-refractivity contribution in [2.24, 2.45) is 0 Å². The molecule has 22 heavy (non-hydrogen) atoms. The van der Waals surface area contributed by atoms with Gasteiger partial charge in [-0.3, -0.25) is 9.69 Å². The molecule has 0 atom stereocenters. The van der Waals surface area contributed by atoms with E-state index >= 15 is 0 Å². The Balaban J connectivity index is 1.72. The molecule has 0 spiro atoms. The van der Waals surface area contributed by atoms with Crippen LogP contribution in [-0.4, -0.2) is 30.9 Å². The Bertz CT molecular complexity index is 681. The van der Waals surface area contributed by atoms with Crippen LogP contribution in [0.15, 0.2) is 60.7 Å². The number of hydrogen-bond donors (Lipinski definition) is 0. The van der Waals surface area contributed by atoms with Gasteiger partial charge in [0.1, 0.15) is 5.75 Å². The van der Waals surface area contributed by atoms with Gasteiger partial charge in [0.2, 0.25) is 0 Å². The molecule has 3 heteroatoms. The molecule has 0 radical (unpaired) electrons. The highest BCUT2D eigenvalue weighted by atomic mass is 16.5. The third-order valence-electron chi connectivity index (χ3n) is 3.85. The van der Waals surface area contributed by atoms with Crippen molar-refractivity contribution in [2.45, 2.75) is 6.54 Å². The predicted molar refractivity (Wildman–Crippen MR) is 87.3 cm³/mol. The lowest BCUT2D eigenvalue weighted by atomic mass is 10.0. The standard InChI is InChI=1S/C19H19NO2/c1-22-18-6-4-5-17(13-18)19(21)16-9-7-15(8-10-16)14-20-11-2-3-12-20/h2-10,13H,11-12,14H2,1H3. The van der Waals surface area contributed by atoms with Gasteiger partial charge < -0.3 is 4.74 Å². The van der Waals surface area contributed by atoms with E-state index in [2.05, 4.69) is 17.1 Å². The predicted octanol–water partition coefficient (Wildman–Crippen LogP) is 3.30. The molecule has 0 aliphatic carbocycles. The second-order valence-corrected chi connectivity index (χ2v) is 5.42. The smallest absolute Gasteiger partial charge is 0.193 e. The van der Waals surface area contributed by atoms with E-state index in [4.69, 9.17) is 4.74 Å². The molecule has 3 rings (SSSR count). The van der Waals surface area contributed by atoms with E-state index in [0.717, 1.165) is 19.6 Å². The molecule has 0 amide bonds. The zero-order valence-corrected chi connectivity index (χ0v) is 12.7. The summed E-state index contributed by atoms with van der Waals surface area (Å²) >= 11 is 0. The van der Waals surface area contributed by atoms with E-state index in [1.165, 1.54) is 5.56 Å². The molecular formula is C19H19NO2. The van der Waals surface area contributed by atoms with E-state index < -0.39 is 0 Å². The summed E-state index contributed by atoms with van der Waals surface area (Å²) in [6, 6.07) is 15.1. The highest BCUT2D eigenvalue weighted by Crippen LogP contribution is 2.17. The maximum absolute atomic E-state index is 12.5. The van der Waals surface area contributed by atoms with Crippen LogP contribution in [0.3, 0.4) is 0 Å². The number of ether oxygens (including phenoxy) is 1. The summed E-state index contributed by atoms with van der Waals surface area (Å²) in [5.41, 5.74) is 2.58. The first-order valence-electron chi connectivity index (χ1n) is 7.41. The van der Waals surface area contributed by atoms with Gasteiger partial charge in [-0.2, -0.15) is 0 Å². The zero-order valence-electron chi connectivity index (χ0n) is 12.7. The molecule has 0 N–H and O–H groups in total. The minimum atomic E-state index is 0.0216. The SMILES string of the molecule is COc1cccc(C(=O)c2ccc(CN3CC=CC3)cc2)c1. The van der Waals surface area contributed by atoms with Crippen molar-refractivity contribution >= 4 is 5.78 Å². The minimum Gasteiger partial charge on any atom is -0.497 e. The van der Waals surface area contributed by atoms with Crippen LogP contribution in [-0.2, 0) is 6.54 Å². The van der Waals surface area contributed by atoms with E-state index in [0.29, 0.717) is 16.9 Å². The number of ketones is 1. The van der Waals surface area contributed by atoms with Crippen LogP contribution < -0.4 is 4.74 Å². The van der Waals surface area contributed by atoms with Crippen molar-refractivity contribution in [1.82, 2.24) is 4.90 Å². The Kier molecular flexibility index (Phi) is 4.35. The normalized spacial score (nSPS) is 14.2. The first-order chi connectivity index (χ1) is 10.8. The quantitative estimate of drug-likeness (QED) is 0.626. The highest BCUT2D eigenvalue weighted by Gasteiger charge is 2.11. The average Bonchev–Trinajstić information content (AvgIpc) is 3.08. The molecule has 0 bridgehead atoms. The van der Waals surface area contributed by atoms with E-state index in [-0.39, 0.29) is 5.78 Å². The molecule has 112 valence electrons. The Labute approximate surface area is 130 Å². The summed E-state index contributed by atoms with van der Waals surface area (Å²) < 4.78 is 5.17. The van der Waals surface area contributed by atoms with Crippen molar-refractivity contribution in [2.75, 3.05) is 20.2 Å². The van der Waals surface area contributed by atoms with Gasteiger partial charge in [0.15, 0.2) is 5.78 Å². The molecule has 0 saturated carbocycles. The monoisotopic (exact) mass is 293 g/mol. The summed E-state index contributed by atoms with van der Waals surface area (Å²) in [6.07, 6.45) is 4.36. The van der Waals surface area contributed by atoms with Gasteiger partial charge in [-0.05, 0) is 17.7 Å².